The highest BCUT2D eigenvalue weighted by molar-refractivity contribution is 5.94. The fraction of sp³-hybridized carbons (Fsp3) is 0.286. The number of methoxy groups -OCH3 is 1. The van der Waals surface area contributed by atoms with Gasteiger partial charge in [0.05, 0.1) is 7.11 Å². The Morgan fingerprint density at radius 2 is 2.17 bits per heavy atom. The maximum Gasteiger partial charge on any atom is 0.330 e. The molecule has 1 aliphatic rings. The minimum absolute atomic E-state index is 0.0617. The van der Waals surface area contributed by atoms with E-state index in [0.717, 1.165) is 29.8 Å². The zero-order valence-electron chi connectivity index (χ0n) is 10.5. The van der Waals surface area contributed by atoms with Gasteiger partial charge in [-0.3, -0.25) is 4.79 Å². The summed E-state index contributed by atoms with van der Waals surface area (Å²) in [6, 6.07) is 5.80. The van der Waals surface area contributed by atoms with Gasteiger partial charge in [-0.1, -0.05) is 6.07 Å². The quantitative estimate of drug-likeness (QED) is 0.589. The number of esters is 1. The maximum atomic E-state index is 11.4. The van der Waals surface area contributed by atoms with E-state index in [2.05, 4.69) is 4.74 Å². The van der Waals surface area contributed by atoms with Gasteiger partial charge in [0.25, 0.3) is 0 Å². The SMILES string of the molecule is COC(=O)C=Cc1ccc2c(c1)CCN2C(C)=O. The van der Waals surface area contributed by atoms with Crippen LogP contribution in [-0.2, 0) is 20.7 Å². The second-order valence-electron chi connectivity index (χ2n) is 4.17. The first kappa shape index (κ1) is 12.4. The Bertz CT molecular complexity index is 520. The summed E-state index contributed by atoms with van der Waals surface area (Å²) < 4.78 is 4.53. The summed E-state index contributed by atoms with van der Waals surface area (Å²) >= 11 is 0. The zero-order valence-corrected chi connectivity index (χ0v) is 10.5. The Labute approximate surface area is 106 Å². The Morgan fingerprint density at radius 1 is 1.39 bits per heavy atom. The smallest absolute Gasteiger partial charge is 0.330 e. The van der Waals surface area contributed by atoms with Crippen molar-refractivity contribution < 1.29 is 14.3 Å². The van der Waals surface area contributed by atoms with Crippen LogP contribution in [0.15, 0.2) is 24.3 Å². The molecule has 0 saturated carbocycles. The number of anilines is 1. The van der Waals surface area contributed by atoms with E-state index < -0.39 is 0 Å². The average Bonchev–Trinajstić information content (AvgIpc) is 2.78. The summed E-state index contributed by atoms with van der Waals surface area (Å²) in [4.78, 5) is 24.2. The maximum absolute atomic E-state index is 11.4. The van der Waals surface area contributed by atoms with Crippen molar-refractivity contribution >= 4 is 23.6 Å². The van der Waals surface area contributed by atoms with Gasteiger partial charge in [-0.2, -0.15) is 0 Å². The number of amides is 1. The number of nitrogens with zero attached hydrogens (tertiary/aromatic N) is 1. The van der Waals surface area contributed by atoms with Crippen LogP contribution in [0.2, 0.25) is 0 Å². The number of rotatable bonds is 2. The van der Waals surface area contributed by atoms with Crippen molar-refractivity contribution in [2.75, 3.05) is 18.6 Å². The third-order valence-electron chi connectivity index (χ3n) is 2.99. The predicted octanol–water partition coefficient (Wildman–Crippen LogP) is 1.78. The van der Waals surface area contributed by atoms with Crippen molar-refractivity contribution in [3.8, 4) is 0 Å². The Hall–Kier alpha value is -2.10. The molecule has 0 aromatic heterocycles. The highest BCUT2D eigenvalue weighted by Crippen LogP contribution is 2.29. The number of benzene rings is 1. The Balaban J connectivity index is 2.22. The molecule has 1 aliphatic heterocycles. The molecule has 0 N–H and O–H groups in total. The lowest BCUT2D eigenvalue weighted by Gasteiger charge is -2.14. The fourth-order valence-corrected chi connectivity index (χ4v) is 2.08. The molecule has 0 aliphatic carbocycles. The summed E-state index contributed by atoms with van der Waals surface area (Å²) in [6.45, 7) is 2.30. The Kier molecular flexibility index (Phi) is 3.46. The summed E-state index contributed by atoms with van der Waals surface area (Å²) in [6.07, 6.45) is 3.96. The molecule has 2 rings (SSSR count). The molecule has 0 fully saturated rings. The molecule has 0 spiro atoms. The van der Waals surface area contributed by atoms with Gasteiger partial charge in [0, 0.05) is 25.2 Å². The molecule has 1 aromatic carbocycles. The topological polar surface area (TPSA) is 46.6 Å². The van der Waals surface area contributed by atoms with Crippen LogP contribution in [0.25, 0.3) is 6.08 Å². The first-order valence-corrected chi connectivity index (χ1v) is 5.79. The monoisotopic (exact) mass is 245 g/mol. The highest BCUT2D eigenvalue weighted by Gasteiger charge is 2.21. The second-order valence-corrected chi connectivity index (χ2v) is 4.17. The predicted molar refractivity (Wildman–Crippen MR) is 69.2 cm³/mol. The van der Waals surface area contributed by atoms with Gasteiger partial charge in [0.15, 0.2) is 0 Å². The first-order chi connectivity index (χ1) is 8.61. The molecule has 0 unspecified atom stereocenters. The first-order valence-electron chi connectivity index (χ1n) is 5.79. The summed E-state index contributed by atoms with van der Waals surface area (Å²) in [5.41, 5.74) is 3.04. The van der Waals surface area contributed by atoms with E-state index in [4.69, 9.17) is 0 Å². The van der Waals surface area contributed by atoms with Gasteiger partial charge in [-0.05, 0) is 35.8 Å². The molecular weight excluding hydrogens is 230 g/mol. The van der Waals surface area contributed by atoms with Gasteiger partial charge in [0.1, 0.15) is 0 Å². The van der Waals surface area contributed by atoms with Crippen LogP contribution in [0.4, 0.5) is 5.69 Å². The fourth-order valence-electron chi connectivity index (χ4n) is 2.08. The summed E-state index contributed by atoms with van der Waals surface area (Å²) in [7, 11) is 1.35. The van der Waals surface area contributed by atoms with E-state index >= 15 is 0 Å². The van der Waals surface area contributed by atoms with Gasteiger partial charge in [0.2, 0.25) is 5.91 Å². The largest absolute Gasteiger partial charge is 0.466 e. The van der Waals surface area contributed by atoms with Crippen LogP contribution in [0.3, 0.4) is 0 Å². The van der Waals surface area contributed by atoms with E-state index in [1.807, 2.05) is 18.2 Å². The van der Waals surface area contributed by atoms with Crippen LogP contribution in [0.5, 0.6) is 0 Å². The van der Waals surface area contributed by atoms with Crippen molar-refractivity contribution in [3.05, 3.63) is 35.4 Å². The standard InChI is InChI=1S/C14H15NO3/c1-10(16)15-8-7-12-9-11(3-5-13(12)15)4-6-14(17)18-2/h3-6,9H,7-8H2,1-2H3. The number of hydrogen-bond acceptors (Lipinski definition) is 3. The summed E-state index contributed by atoms with van der Waals surface area (Å²) in [5, 5.41) is 0. The number of fused-ring (bicyclic) bond motifs is 1. The molecule has 0 atom stereocenters. The molecule has 1 amide bonds. The van der Waals surface area contributed by atoms with Crippen molar-refractivity contribution in [1.82, 2.24) is 0 Å². The zero-order chi connectivity index (χ0) is 13.1. The van der Waals surface area contributed by atoms with Gasteiger partial charge < -0.3 is 9.64 Å². The van der Waals surface area contributed by atoms with Gasteiger partial charge >= 0.3 is 5.97 Å². The van der Waals surface area contributed by atoms with E-state index in [-0.39, 0.29) is 11.9 Å². The normalized spacial score (nSPS) is 13.8. The van der Waals surface area contributed by atoms with Crippen LogP contribution < -0.4 is 4.90 Å². The Morgan fingerprint density at radius 3 is 2.83 bits per heavy atom. The van der Waals surface area contributed by atoms with Crippen LogP contribution in [0, 0.1) is 0 Å². The highest BCUT2D eigenvalue weighted by atomic mass is 16.5. The molecule has 4 nitrogen and oxygen atoms in total. The number of carbonyl (C=O) groups is 2. The average molecular weight is 245 g/mol. The summed E-state index contributed by atoms with van der Waals surface area (Å²) in [5.74, 6) is -0.313. The minimum Gasteiger partial charge on any atom is -0.466 e. The lowest BCUT2D eigenvalue weighted by Crippen LogP contribution is -2.25. The van der Waals surface area contributed by atoms with E-state index in [0.29, 0.717) is 0 Å². The number of hydrogen-bond donors (Lipinski definition) is 0. The van der Waals surface area contributed by atoms with E-state index in [1.165, 1.54) is 13.2 Å². The third-order valence-corrected chi connectivity index (χ3v) is 2.99. The lowest BCUT2D eigenvalue weighted by atomic mass is 10.1. The second kappa shape index (κ2) is 5.04. The van der Waals surface area contributed by atoms with Crippen LogP contribution >= 0.6 is 0 Å². The molecule has 0 radical (unpaired) electrons. The lowest BCUT2D eigenvalue weighted by molar-refractivity contribution is -0.134. The van der Waals surface area contributed by atoms with Gasteiger partial charge in [-0.15, -0.1) is 0 Å². The molecule has 1 heterocycles. The molecule has 18 heavy (non-hydrogen) atoms. The van der Waals surface area contributed by atoms with E-state index in [1.54, 1.807) is 17.9 Å². The molecule has 0 bridgehead atoms. The third kappa shape index (κ3) is 2.42. The molecular formula is C14H15NO3. The van der Waals surface area contributed by atoms with Crippen LogP contribution in [-0.4, -0.2) is 25.5 Å². The van der Waals surface area contributed by atoms with Crippen molar-refractivity contribution in [2.24, 2.45) is 0 Å². The van der Waals surface area contributed by atoms with Crippen molar-refractivity contribution in [3.63, 3.8) is 0 Å². The van der Waals surface area contributed by atoms with Crippen molar-refractivity contribution in [1.29, 1.82) is 0 Å². The number of ether oxygens (including phenoxy) is 1. The molecule has 1 aromatic rings. The molecule has 0 saturated heterocycles. The molecule has 4 heteroatoms. The van der Waals surface area contributed by atoms with Crippen molar-refractivity contribution in [2.45, 2.75) is 13.3 Å². The molecule has 94 valence electrons. The van der Waals surface area contributed by atoms with Crippen LogP contribution in [0.1, 0.15) is 18.1 Å². The van der Waals surface area contributed by atoms with E-state index in [9.17, 15) is 9.59 Å². The minimum atomic E-state index is -0.374. The van der Waals surface area contributed by atoms with Gasteiger partial charge in [-0.25, -0.2) is 4.79 Å². The number of carbonyl (C=O) groups excluding carboxylic acids is 2.